The van der Waals surface area contributed by atoms with Gasteiger partial charge in [0.15, 0.2) is 17.6 Å². The lowest BCUT2D eigenvalue weighted by atomic mass is 9.96. The van der Waals surface area contributed by atoms with Crippen LogP contribution >= 0.6 is 11.8 Å². The van der Waals surface area contributed by atoms with Crippen LogP contribution in [-0.2, 0) is 26.8 Å². The molecule has 3 heterocycles. The molecule has 2 aromatic rings. The zero-order valence-electron chi connectivity index (χ0n) is 15.5. The van der Waals surface area contributed by atoms with Crippen LogP contribution in [0.2, 0.25) is 0 Å². The molecular formula is C17H18N4O5S2. The third kappa shape index (κ3) is 3.63. The number of anilines is 1. The van der Waals surface area contributed by atoms with Crippen molar-refractivity contribution in [2.75, 3.05) is 17.2 Å². The molecule has 1 aromatic carbocycles. The topological polar surface area (TPSA) is 115 Å². The predicted molar refractivity (Wildman–Crippen MR) is 103 cm³/mol. The number of nitrogens with zero attached hydrogens (tertiary/aromatic N) is 4. The lowest BCUT2D eigenvalue weighted by molar-refractivity contribution is 0.0429. The van der Waals surface area contributed by atoms with Gasteiger partial charge in [0.05, 0.1) is 17.0 Å². The van der Waals surface area contributed by atoms with E-state index in [9.17, 15) is 13.2 Å². The molecule has 0 spiro atoms. The molecule has 4 rings (SSSR count). The maximum Gasteiger partial charge on any atom is 0.338 e. The van der Waals surface area contributed by atoms with Gasteiger partial charge in [-0.15, -0.1) is 4.40 Å². The summed E-state index contributed by atoms with van der Waals surface area (Å²) >= 11 is 1.22. The summed E-state index contributed by atoms with van der Waals surface area (Å²) in [6, 6.07) is 5.08. The number of sulfonamides is 1. The third-order valence-electron chi connectivity index (χ3n) is 4.17. The Labute approximate surface area is 166 Å². The lowest BCUT2D eigenvalue weighted by Crippen LogP contribution is -2.35. The molecule has 0 fully saturated rings. The summed E-state index contributed by atoms with van der Waals surface area (Å²) in [6.45, 7) is 6.10. The molecule has 0 saturated heterocycles. The van der Waals surface area contributed by atoms with Crippen molar-refractivity contribution in [3.63, 3.8) is 0 Å². The van der Waals surface area contributed by atoms with Crippen LogP contribution in [0.3, 0.4) is 0 Å². The van der Waals surface area contributed by atoms with Crippen LogP contribution < -0.4 is 4.90 Å². The molecule has 2 aliphatic rings. The minimum absolute atomic E-state index is 0.0268. The van der Waals surface area contributed by atoms with Gasteiger partial charge in [0, 0.05) is 16.9 Å². The van der Waals surface area contributed by atoms with E-state index in [0.717, 1.165) is 10.6 Å². The van der Waals surface area contributed by atoms with Gasteiger partial charge >= 0.3 is 5.97 Å². The van der Waals surface area contributed by atoms with Crippen molar-refractivity contribution in [1.82, 2.24) is 10.1 Å². The summed E-state index contributed by atoms with van der Waals surface area (Å²) in [5.41, 5.74) is 0.928. The van der Waals surface area contributed by atoms with E-state index in [1.54, 1.807) is 18.2 Å². The maximum absolute atomic E-state index is 12.4. The summed E-state index contributed by atoms with van der Waals surface area (Å²) < 4.78 is 37.5. The lowest BCUT2D eigenvalue weighted by Gasteiger charge is -2.22. The minimum atomic E-state index is -3.42. The standard InChI is InChI=1S/C17H18N4O5S2/c1-17(2,3)15-18-13(26-19-15)9-25-14(22)10-4-5-11-12(8-10)27-16-20-28(23,24)7-6-21(11)16/h4-5,8H,6-7,9H2,1-3H3. The summed E-state index contributed by atoms with van der Waals surface area (Å²) in [4.78, 5) is 19.2. The summed E-state index contributed by atoms with van der Waals surface area (Å²) in [6.07, 6.45) is 0. The first-order valence-corrected chi connectivity index (χ1v) is 11.0. The van der Waals surface area contributed by atoms with E-state index in [2.05, 4.69) is 14.5 Å². The van der Waals surface area contributed by atoms with Crippen molar-refractivity contribution in [3.8, 4) is 0 Å². The first-order valence-electron chi connectivity index (χ1n) is 8.55. The Morgan fingerprint density at radius 2 is 2.14 bits per heavy atom. The number of thioether (sulfide) groups is 1. The second-order valence-electron chi connectivity index (χ2n) is 7.43. The zero-order valence-corrected chi connectivity index (χ0v) is 17.1. The number of aromatic nitrogens is 2. The number of benzene rings is 1. The molecule has 28 heavy (non-hydrogen) atoms. The predicted octanol–water partition coefficient (Wildman–Crippen LogP) is 2.34. The fourth-order valence-electron chi connectivity index (χ4n) is 2.69. The van der Waals surface area contributed by atoms with Crippen molar-refractivity contribution >= 4 is 38.6 Å². The Balaban J connectivity index is 1.47. The van der Waals surface area contributed by atoms with Gasteiger partial charge in [-0.05, 0) is 30.0 Å². The normalized spacial score (nSPS) is 17.7. The van der Waals surface area contributed by atoms with E-state index in [-0.39, 0.29) is 23.7 Å². The minimum Gasteiger partial charge on any atom is -0.452 e. The zero-order chi connectivity index (χ0) is 20.1. The first kappa shape index (κ1) is 18.9. The van der Waals surface area contributed by atoms with Crippen molar-refractivity contribution in [3.05, 3.63) is 35.5 Å². The Kier molecular flexibility index (Phi) is 4.46. The van der Waals surface area contributed by atoms with Gasteiger partial charge in [0.1, 0.15) is 0 Å². The molecule has 1 aromatic heterocycles. The molecule has 9 nitrogen and oxygen atoms in total. The van der Waals surface area contributed by atoms with E-state index in [4.69, 9.17) is 9.26 Å². The highest BCUT2D eigenvalue weighted by Gasteiger charge is 2.33. The quantitative estimate of drug-likeness (QED) is 0.687. The number of esters is 1. The number of hydrogen-bond acceptors (Lipinski definition) is 9. The van der Waals surface area contributed by atoms with E-state index in [0.29, 0.717) is 23.1 Å². The Morgan fingerprint density at radius 1 is 1.36 bits per heavy atom. The average molecular weight is 422 g/mol. The van der Waals surface area contributed by atoms with Gasteiger partial charge in [0.2, 0.25) is 0 Å². The third-order valence-corrected chi connectivity index (χ3v) is 6.48. The van der Waals surface area contributed by atoms with Crippen molar-refractivity contribution in [1.29, 1.82) is 0 Å². The molecule has 0 bridgehead atoms. The van der Waals surface area contributed by atoms with E-state index in [1.807, 2.05) is 25.7 Å². The molecular weight excluding hydrogens is 404 g/mol. The molecule has 148 valence electrons. The fraction of sp³-hybridized carbons (Fsp3) is 0.412. The average Bonchev–Trinajstić information content (AvgIpc) is 3.21. The van der Waals surface area contributed by atoms with Crippen LogP contribution in [-0.4, -0.2) is 42.0 Å². The van der Waals surface area contributed by atoms with Gasteiger partial charge in [0.25, 0.3) is 15.9 Å². The second-order valence-corrected chi connectivity index (χ2v) is 10.2. The van der Waals surface area contributed by atoms with Crippen LogP contribution in [0.5, 0.6) is 0 Å². The SMILES string of the molecule is CC(C)(C)c1noc(COC(=O)c2ccc3c(c2)SC2=NS(=O)(=O)CCN23)n1. The number of carbonyl (C=O) groups is 1. The highest BCUT2D eigenvalue weighted by Crippen LogP contribution is 2.42. The summed E-state index contributed by atoms with van der Waals surface area (Å²) in [5.74, 6) is 0.213. The van der Waals surface area contributed by atoms with Crippen LogP contribution in [0.4, 0.5) is 5.69 Å². The number of ether oxygens (including phenoxy) is 1. The van der Waals surface area contributed by atoms with Crippen LogP contribution in [0.25, 0.3) is 0 Å². The molecule has 2 aliphatic heterocycles. The molecule has 11 heteroatoms. The molecule has 0 saturated carbocycles. The molecule has 0 N–H and O–H groups in total. The summed E-state index contributed by atoms with van der Waals surface area (Å²) in [7, 11) is -3.42. The largest absolute Gasteiger partial charge is 0.452 e. The Hall–Kier alpha value is -2.40. The maximum atomic E-state index is 12.4. The number of hydrogen-bond donors (Lipinski definition) is 0. The Bertz CT molecular complexity index is 1090. The first-order chi connectivity index (χ1) is 13.1. The van der Waals surface area contributed by atoms with Crippen LogP contribution in [0.15, 0.2) is 32.0 Å². The van der Waals surface area contributed by atoms with Crippen LogP contribution in [0, 0.1) is 0 Å². The summed E-state index contributed by atoms with van der Waals surface area (Å²) in [5, 5.41) is 4.30. The molecule has 0 unspecified atom stereocenters. The van der Waals surface area contributed by atoms with E-state index < -0.39 is 16.0 Å². The number of rotatable bonds is 3. The van der Waals surface area contributed by atoms with Gasteiger partial charge in [-0.25, -0.2) is 13.2 Å². The number of amidine groups is 1. The molecule has 0 aliphatic carbocycles. The fourth-order valence-corrected chi connectivity index (χ4v) is 4.98. The van der Waals surface area contributed by atoms with Gasteiger partial charge in [-0.1, -0.05) is 25.9 Å². The van der Waals surface area contributed by atoms with Gasteiger partial charge < -0.3 is 14.2 Å². The smallest absolute Gasteiger partial charge is 0.338 e. The monoisotopic (exact) mass is 422 g/mol. The highest BCUT2D eigenvalue weighted by atomic mass is 32.2. The van der Waals surface area contributed by atoms with E-state index >= 15 is 0 Å². The highest BCUT2D eigenvalue weighted by molar-refractivity contribution is 8.15. The van der Waals surface area contributed by atoms with Crippen LogP contribution in [0.1, 0.15) is 42.8 Å². The molecule has 0 radical (unpaired) electrons. The Morgan fingerprint density at radius 3 is 2.86 bits per heavy atom. The number of carbonyl (C=O) groups excluding carboxylic acids is 1. The number of fused-ring (bicyclic) bond motifs is 3. The van der Waals surface area contributed by atoms with E-state index in [1.165, 1.54) is 11.8 Å². The second kappa shape index (κ2) is 6.59. The van der Waals surface area contributed by atoms with Crippen molar-refractivity contribution in [2.24, 2.45) is 4.40 Å². The van der Waals surface area contributed by atoms with Crippen molar-refractivity contribution in [2.45, 2.75) is 37.7 Å². The van der Waals surface area contributed by atoms with Gasteiger partial charge in [-0.3, -0.25) is 0 Å². The van der Waals surface area contributed by atoms with Crippen molar-refractivity contribution < 1.29 is 22.5 Å². The molecule has 0 atom stereocenters. The van der Waals surface area contributed by atoms with Gasteiger partial charge in [-0.2, -0.15) is 4.98 Å². The molecule has 0 amide bonds.